The number of ether oxygens (including phenoxy) is 1. The molecule has 1 aliphatic rings. The number of halogens is 2. The van der Waals surface area contributed by atoms with Crippen LogP contribution in [0.2, 0.25) is 0 Å². The topological polar surface area (TPSA) is 51.1 Å². The molecule has 7 heteroatoms. The van der Waals surface area contributed by atoms with E-state index in [1.54, 1.807) is 12.0 Å². The van der Waals surface area contributed by atoms with E-state index in [9.17, 15) is 13.6 Å². The second-order valence-electron chi connectivity index (χ2n) is 7.81. The predicted octanol–water partition coefficient (Wildman–Crippen LogP) is 4.54. The molecule has 0 saturated heterocycles. The molecule has 0 fully saturated rings. The van der Waals surface area contributed by atoms with Crippen LogP contribution in [-0.4, -0.2) is 36.3 Å². The van der Waals surface area contributed by atoms with Crippen LogP contribution in [0.5, 0.6) is 5.75 Å². The van der Waals surface area contributed by atoms with Gasteiger partial charge in [0.25, 0.3) is 0 Å². The Hall–Kier alpha value is -2.96. The van der Waals surface area contributed by atoms with Gasteiger partial charge in [0, 0.05) is 31.0 Å². The Morgan fingerprint density at radius 3 is 2.60 bits per heavy atom. The highest BCUT2D eigenvalue weighted by Gasteiger charge is 2.27. The summed E-state index contributed by atoms with van der Waals surface area (Å²) < 4.78 is 32.6. The highest BCUT2D eigenvalue weighted by Crippen LogP contribution is 2.22. The van der Waals surface area contributed by atoms with Gasteiger partial charge in [-0.15, -0.1) is 0 Å². The molecule has 0 N–H and O–H groups in total. The van der Waals surface area contributed by atoms with Crippen molar-refractivity contribution < 1.29 is 23.1 Å². The first-order valence-corrected chi connectivity index (χ1v) is 9.94. The largest absolute Gasteiger partial charge is 0.497 e. The third-order valence-electron chi connectivity index (χ3n) is 4.89. The van der Waals surface area contributed by atoms with Crippen LogP contribution < -0.4 is 4.74 Å². The van der Waals surface area contributed by atoms with Crippen molar-refractivity contribution in [1.82, 2.24) is 4.90 Å². The van der Waals surface area contributed by atoms with Crippen LogP contribution in [0.1, 0.15) is 37.8 Å². The van der Waals surface area contributed by atoms with Crippen LogP contribution in [-0.2, 0) is 16.2 Å². The molecule has 1 atom stereocenters. The van der Waals surface area contributed by atoms with E-state index in [-0.39, 0.29) is 36.6 Å². The van der Waals surface area contributed by atoms with Gasteiger partial charge in [-0.2, -0.15) is 0 Å². The second-order valence-corrected chi connectivity index (χ2v) is 7.81. The molecule has 3 rings (SSSR count). The van der Waals surface area contributed by atoms with Gasteiger partial charge < -0.3 is 14.5 Å². The van der Waals surface area contributed by atoms with E-state index in [2.05, 4.69) is 5.16 Å². The zero-order valence-electron chi connectivity index (χ0n) is 17.4. The Labute approximate surface area is 175 Å². The van der Waals surface area contributed by atoms with Crippen LogP contribution >= 0.6 is 0 Å². The van der Waals surface area contributed by atoms with Crippen LogP contribution in [0.15, 0.2) is 47.6 Å². The van der Waals surface area contributed by atoms with Crippen molar-refractivity contribution in [2.24, 2.45) is 11.1 Å². The van der Waals surface area contributed by atoms with Crippen molar-refractivity contribution >= 4 is 11.6 Å². The number of benzene rings is 2. The average Bonchev–Trinajstić information content (AvgIpc) is 3.17. The Morgan fingerprint density at radius 2 is 1.97 bits per heavy atom. The van der Waals surface area contributed by atoms with Gasteiger partial charge in [-0.3, -0.25) is 4.79 Å². The van der Waals surface area contributed by atoms with Crippen LogP contribution in [0.3, 0.4) is 0 Å². The minimum absolute atomic E-state index is 0.0510. The standard InChI is InChI=1S/C23H26F2N2O3/c1-15(2)10-23(28)27(13-17-4-7-18(24)11-21(17)25)14-20-12-22(26-30-20)16-5-8-19(29-3)9-6-16/h4-9,11,15,20H,10,12-14H2,1-3H3/t20-/m0/s1. The Balaban J connectivity index is 1.69. The summed E-state index contributed by atoms with van der Waals surface area (Å²) in [7, 11) is 1.61. The molecule has 1 heterocycles. The van der Waals surface area contributed by atoms with Crippen molar-refractivity contribution in [3.8, 4) is 5.75 Å². The smallest absolute Gasteiger partial charge is 0.223 e. The molecular weight excluding hydrogens is 390 g/mol. The van der Waals surface area contributed by atoms with E-state index in [1.165, 1.54) is 12.1 Å². The van der Waals surface area contributed by atoms with Gasteiger partial charge in [0.15, 0.2) is 6.10 Å². The number of hydrogen-bond acceptors (Lipinski definition) is 4. The summed E-state index contributed by atoms with van der Waals surface area (Å²) in [6.07, 6.45) is 0.535. The molecular formula is C23H26F2N2O3. The molecule has 2 aromatic rings. The fourth-order valence-corrected chi connectivity index (χ4v) is 3.31. The first kappa shape index (κ1) is 21.7. The molecule has 0 spiro atoms. The number of rotatable bonds is 8. The maximum absolute atomic E-state index is 14.2. The normalized spacial score (nSPS) is 15.7. The summed E-state index contributed by atoms with van der Waals surface area (Å²) >= 11 is 0. The van der Waals surface area contributed by atoms with Crippen molar-refractivity contribution in [2.75, 3.05) is 13.7 Å². The number of nitrogens with zero attached hydrogens (tertiary/aromatic N) is 2. The maximum atomic E-state index is 14.2. The fraction of sp³-hybridized carbons (Fsp3) is 0.391. The van der Waals surface area contributed by atoms with Crippen molar-refractivity contribution in [2.45, 2.75) is 39.3 Å². The number of carbonyl (C=O) groups is 1. The zero-order valence-corrected chi connectivity index (χ0v) is 17.4. The summed E-state index contributed by atoms with van der Waals surface area (Å²) in [5.74, 6) is -0.502. The highest BCUT2D eigenvalue weighted by atomic mass is 19.1. The van der Waals surface area contributed by atoms with Crippen molar-refractivity contribution in [3.63, 3.8) is 0 Å². The lowest BCUT2D eigenvalue weighted by Gasteiger charge is -2.26. The number of amides is 1. The molecule has 0 radical (unpaired) electrons. The monoisotopic (exact) mass is 416 g/mol. The third kappa shape index (κ3) is 5.55. The fourth-order valence-electron chi connectivity index (χ4n) is 3.31. The van der Waals surface area contributed by atoms with Gasteiger partial charge in [-0.1, -0.05) is 25.1 Å². The van der Waals surface area contributed by atoms with Gasteiger partial charge in [0.2, 0.25) is 5.91 Å². The summed E-state index contributed by atoms with van der Waals surface area (Å²) in [5.41, 5.74) is 1.97. The van der Waals surface area contributed by atoms with E-state index >= 15 is 0 Å². The van der Waals surface area contributed by atoms with Crippen molar-refractivity contribution in [1.29, 1.82) is 0 Å². The molecule has 5 nitrogen and oxygen atoms in total. The second kappa shape index (κ2) is 9.69. The molecule has 0 aliphatic carbocycles. The summed E-state index contributed by atoms with van der Waals surface area (Å²) in [6.45, 7) is 4.22. The lowest BCUT2D eigenvalue weighted by atomic mass is 10.0. The van der Waals surface area contributed by atoms with Gasteiger partial charge in [0.05, 0.1) is 19.4 Å². The molecule has 160 valence electrons. The average molecular weight is 416 g/mol. The van der Waals surface area contributed by atoms with Gasteiger partial charge in [-0.05, 0) is 41.8 Å². The van der Waals surface area contributed by atoms with Gasteiger partial charge in [0.1, 0.15) is 17.4 Å². The first-order valence-electron chi connectivity index (χ1n) is 9.94. The van der Waals surface area contributed by atoms with E-state index in [0.29, 0.717) is 12.8 Å². The van der Waals surface area contributed by atoms with Gasteiger partial charge >= 0.3 is 0 Å². The van der Waals surface area contributed by atoms with Crippen LogP contribution in [0, 0.1) is 17.6 Å². The summed E-state index contributed by atoms with van der Waals surface area (Å²) in [4.78, 5) is 19.9. The maximum Gasteiger partial charge on any atom is 0.223 e. The molecule has 1 aliphatic heterocycles. The summed E-state index contributed by atoms with van der Waals surface area (Å²) in [5, 5.41) is 4.17. The van der Waals surface area contributed by atoms with Crippen LogP contribution in [0.25, 0.3) is 0 Å². The minimum atomic E-state index is -0.667. The molecule has 1 amide bonds. The predicted molar refractivity (Wildman–Crippen MR) is 110 cm³/mol. The van der Waals surface area contributed by atoms with E-state index in [4.69, 9.17) is 9.57 Å². The lowest BCUT2D eigenvalue weighted by molar-refractivity contribution is -0.134. The van der Waals surface area contributed by atoms with E-state index < -0.39 is 11.6 Å². The lowest BCUT2D eigenvalue weighted by Crippen LogP contribution is -2.38. The van der Waals surface area contributed by atoms with Gasteiger partial charge in [-0.25, -0.2) is 8.78 Å². The number of hydrogen-bond donors (Lipinski definition) is 0. The molecule has 0 saturated carbocycles. The molecule has 2 aromatic carbocycles. The van der Waals surface area contributed by atoms with Crippen molar-refractivity contribution in [3.05, 3.63) is 65.2 Å². The molecule has 0 bridgehead atoms. The molecule has 0 unspecified atom stereocenters. The van der Waals surface area contributed by atoms with E-state index in [1.807, 2.05) is 38.1 Å². The Bertz CT molecular complexity index is 913. The molecule has 30 heavy (non-hydrogen) atoms. The SMILES string of the molecule is COc1ccc(C2=NO[C@H](CN(Cc3ccc(F)cc3F)C(=O)CC(C)C)C2)cc1. The Kier molecular flexibility index (Phi) is 7.03. The zero-order chi connectivity index (χ0) is 21.7. The number of carbonyl (C=O) groups excluding carboxylic acids is 1. The quantitative estimate of drug-likeness (QED) is 0.635. The summed E-state index contributed by atoms with van der Waals surface area (Å²) in [6, 6.07) is 10.9. The number of oxime groups is 1. The highest BCUT2D eigenvalue weighted by molar-refractivity contribution is 6.01. The first-order chi connectivity index (χ1) is 14.4. The third-order valence-corrected chi connectivity index (χ3v) is 4.89. The van der Waals surface area contributed by atoms with Crippen LogP contribution in [0.4, 0.5) is 8.78 Å². The number of methoxy groups -OCH3 is 1. The minimum Gasteiger partial charge on any atom is -0.497 e. The Morgan fingerprint density at radius 1 is 1.23 bits per heavy atom. The molecule has 0 aromatic heterocycles. The van der Waals surface area contributed by atoms with E-state index in [0.717, 1.165) is 23.1 Å².